The van der Waals surface area contributed by atoms with Crippen LogP contribution in [0, 0.1) is 0 Å². The van der Waals surface area contributed by atoms with E-state index in [1.807, 2.05) is 36.4 Å². The van der Waals surface area contributed by atoms with Crippen molar-refractivity contribution in [2.75, 3.05) is 11.9 Å². The molecule has 2 aromatic rings. The zero-order valence-corrected chi connectivity index (χ0v) is 16.0. The van der Waals surface area contributed by atoms with Crippen LogP contribution in [0.5, 0.6) is 0 Å². The highest BCUT2D eigenvalue weighted by molar-refractivity contribution is 5.92. The smallest absolute Gasteiger partial charge is 0.226 e. The van der Waals surface area contributed by atoms with E-state index in [0.29, 0.717) is 13.1 Å². The Balaban J connectivity index is 1.98. The summed E-state index contributed by atoms with van der Waals surface area (Å²) in [4.78, 5) is 30.0. The lowest BCUT2D eigenvalue weighted by molar-refractivity contribution is -0.129. The van der Waals surface area contributed by atoms with Gasteiger partial charge in [-0.25, -0.2) is 0 Å². The van der Waals surface area contributed by atoms with Crippen molar-refractivity contribution in [2.45, 2.75) is 46.1 Å². The van der Waals surface area contributed by atoms with Crippen LogP contribution < -0.4 is 5.32 Å². The van der Waals surface area contributed by atoms with Crippen molar-refractivity contribution in [1.29, 1.82) is 0 Å². The number of amides is 2. The summed E-state index contributed by atoms with van der Waals surface area (Å²) >= 11 is 0. The van der Waals surface area contributed by atoms with Crippen LogP contribution in [0.2, 0.25) is 0 Å². The van der Waals surface area contributed by atoms with Gasteiger partial charge in [-0.15, -0.1) is 0 Å². The second-order valence-corrected chi connectivity index (χ2v) is 7.40. The quantitative estimate of drug-likeness (QED) is 0.860. The largest absolute Gasteiger partial charge is 0.338 e. The number of pyridine rings is 1. The highest BCUT2D eigenvalue weighted by Gasteiger charge is 2.19. The minimum atomic E-state index is -0.0980. The summed E-state index contributed by atoms with van der Waals surface area (Å²) in [5, 5.41) is 2.99. The molecule has 1 aromatic heterocycles. The summed E-state index contributed by atoms with van der Waals surface area (Å²) in [7, 11) is 0. The van der Waals surface area contributed by atoms with Crippen molar-refractivity contribution in [3.05, 3.63) is 59.9 Å². The van der Waals surface area contributed by atoms with Gasteiger partial charge in [-0.3, -0.25) is 14.6 Å². The Hall–Kier alpha value is -2.69. The van der Waals surface area contributed by atoms with Crippen LogP contribution in [0.4, 0.5) is 5.69 Å². The third-order valence-corrected chi connectivity index (χ3v) is 4.16. The maximum atomic E-state index is 12.4. The molecule has 0 spiro atoms. The highest BCUT2D eigenvalue weighted by atomic mass is 16.2. The Morgan fingerprint density at radius 3 is 2.46 bits per heavy atom. The molecule has 0 aliphatic heterocycles. The number of benzene rings is 1. The maximum Gasteiger partial charge on any atom is 0.226 e. The van der Waals surface area contributed by atoms with E-state index in [1.165, 1.54) is 6.92 Å². The topological polar surface area (TPSA) is 62.3 Å². The van der Waals surface area contributed by atoms with Gasteiger partial charge in [0.25, 0.3) is 0 Å². The van der Waals surface area contributed by atoms with E-state index in [-0.39, 0.29) is 23.7 Å². The molecule has 0 aliphatic carbocycles. The second kappa shape index (κ2) is 8.61. The van der Waals surface area contributed by atoms with Crippen LogP contribution in [0.3, 0.4) is 0 Å². The Morgan fingerprint density at radius 1 is 1.12 bits per heavy atom. The van der Waals surface area contributed by atoms with Crippen molar-refractivity contribution in [2.24, 2.45) is 0 Å². The Kier molecular flexibility index (Phi) is 6.50. The first-order chi connectivity index (χ1) is 12.3. The molecule has 138 valence electrons. The van der Waals surface area contributed by atoms with Gasteiger partial charge in [-0.05, 0) is 28.7 Å². The molecule has 0 aliphatic rings. The SMILES string of the molecule is CC(=O)N(CCC(=O)Nc1ccccc1C(C)(C)C)Cc1cccnc1. The van der Waals surface area contributed by atoms with Crippen LogP contribution in [-0.4, -0.2) is 28.2 Å². The van der Waals surface area contributed by atoms with Gasteiger partial charge >= 0.3 is 0 Å². The number of nitrogens with zero attached hydrogens (tertiary/aromatic N) is 2. The number of hydrogen-bond acceptors (Lipinski definition) is 3. The van der Waals surface area contributed by atoms with Crippen LogP contribution in [0.1, 0.15) is 45.2 Å². The van der Waals surface area contributed by atoms with E-state index in [2.05, 4.69) is 31.1 Å². The van der Waals surface area contributed by atoms with Gasteiger partial charge in [-0.2, -0.15) is 0 Å². The summed E-state index contributed by atoms with van der Waals surface area (Å²) < 4.78 is 0. The van der Waals surface area contributed by atoms with Gasteiger partial charge in [0.05, 0.1) is 0 Å². The number of anilines is 1. The number of para-hydroxylation sites is 1. The molecule has 26 heavy (non-hydrogen) atoms. The average Bonchev–Trinajstić information content (AvgIpc) is 2.58. The molecule has 0 atom stereocenters. The first-order valence-electron chi connectivity index (χ1n) is 8.81. The molecule has 5 heteroatoms. The number of nitrogens with one attached hydrogen (secondary N) is 1. The van der Waals surface area contributed by atoms with Crippen LogP contribution in [0.25, 0.3) is 0 Å². The van der Waals surface area contributed by atoms with Crippen molar-refractivity contribution in [3.8, 4) is 0 Å². The fourth-order valence-corrected chi connectivity index (χ4v) is 2.76. The minimum Gasteiger partial charge on any atom is -0.338 e. The lowest BCUT2D eigenvalue weighted by Crippen LogP contribution is -2.31. The summed E-state index contributed by atoms with van der Waals surface area (Å²) in [5.74, 6) is -0.157. The molecule has 5 nitrogen and oxygen atoms in total. The lowest BCUT2D eigenvalue weighted by Gasteiger charge is -2.24. The molecule has 0 fully saturated rings. The molecule has 0 unspecified atom stereocenters. The molecule has 2 amide bonds. The van der Waals surface area contributed by atoms with E-state index in [1.54, 1.807) is 17.3 Å². The van der Waals surface area contributed by atoms with E-state index in [9.17, 15) is 9.59 Å². The van der Waals surface area contributed by atoms with Crippen molar-refractivity contribution >= 4 is 17.5 Å². The standard InChI is InChI=1S/C21H27N3O2/c1-16(25)24(15-17-8-7-12-22-14-17)13-11-20(26)23-19-10-6-5-9-18(19)21(2,3)4/h5-10,12,14H,11,13,15H2,1-4H3,(H,23,26). The molecule has 0 radical (unpaired) electrons. The summed E-state index contributed by atoms with van der Waals surface area (Å²) in [6.45, 7) is 8.68. The Morgan fingerprint density at radius 2 is 1.85 bits per heavy atom. The number of aromatic nitrogens is 1. The maximum absolute atomic E-state index is 12.4. The van der Waals surface area contributed by atoms with Gasteiger partial charge in [0.1, 0.15) is 0 Å². The molecule has 1 N–H and O–H groups in total. The van der Waals surface area contributed by atoms with Crippen molar-refractivity contribution < 1.29 is 9.59 Å². The van der Waals surface area contributed by atoms with E-state index in [0.717, 1.165) is 16.8 Å². The fraction of sp³-hybridized carbons (Fsp3) is 0.381. The highest BCUT2D eigenvalue weighted by Crippen LogP contribution is 2.29. The van der Waals surface area contributed by atoms with Gasteiger partial charge in [0, 0.05) is 44.5 Å². The van der Waals surface area contributed by atoms with E-state index in [4.69, 9.17) is 0 Å². The lowest BCUT2D eigenvalue weighted by atomic mass is 9.86. The third-order valence-electron chi connectivity index (χ3n) is 4.16. The number of carbonyl (C=O) groups is 2. The predicted molar refractivity (Wildman–Crippen MR) is 104 cm³/mol. The second-order valence-electron chi connectivity index (χ2n) is 7.40. The summed E-state index contributed by atoms with van der Waals surface area (Å²) in [6, 6.07) is 11.6. The van der Waals surface area contributed by atoms with Crippen molar-refractivity contribution in [1.82, 2.24) is 9.88 Å². The molecular weight excluding hydrogens is 326 g/mol. The first-order valence-corrected chi connectivity index (χ1v) is 8.81. The molecule has 0 saturated heterocycles. The Labute approximate surface area is 155 Å². The van der Waals surface area contributed by atoms with Gasteiger partial charge in [0.2, 0.25) is 11.8 Å². The summed E-state index contributed by atoms with van der Waals surface area (Å²) in [5.41, 5.74) is 2.80. The number of carbonyl (C=O) groups excluding carboxylic acids is 2. The molecular formula is C21H27N3O2. The van der Waals surface area contributed by atoms with E-state index < -0.39 is 0 Å². The predicted octanol–water partition coefficient (Wildman–Crippen LogP) is 3.76. The van der Waals surface area contributed by atoms with Crippen LogP contribution >= 0.6 is 0 Å². The zero-order valence-electron chi connectivity index (χ0n) is 16.0. The van der Waals surface area contributed by atoms with Crippen molar-refractivity contribution in [3.63, 3.8) is 0 Å². The molecule has 0 saturated carbocycles. The number of rotatable bonds is 6. The van der Waals surface area contributed by atoms with E-state index >= 15 is 0 Å². The average molecular weight is 353 g/mol. The van der Waals surface area contributed by atoms with Crippen LogP contribution in [0.15, 0.2) is 48.8 Å². The third kappa shape index (κ3) is 5.69. The van der Waals surface area contributed by atoms with Gasteiger partial charge in [-0.1, -0.05) is 45.0 Å². The Bertz CT molecular complexity index is 751. The molecule has 1 heterocycles. The molecule has 1 aromatic carbocycles. The van der Waals surface area contributed by atoms with Gasteiger partial charge in [0.15, 0.2) is 0 Å². The number of hydrogen-bond donors (Lipinski definition) is 1. The molecule has 2 rings (SSSR count). The zero-order chi connectivity index (χ0) is 19.2. The minimum absolute atomic E-state index is 0.0586. The normalized spacial score (nSPS) is 11.1. The van der Waals surface area contributed by atoms with Gasteiger partial charge < -0.3 is 10.2 Å². The first kappa shape index (κ1) is 19.6. The van der Waals surface area contributed by atoms with Crippen LogP contribution in [-0.2, 0) is 21.5 Å². The molecule has 0 bridgehead atoms. The fourth-order valence-electron chi connectivity index (χ4n) is 2.76. The summed E-state index contributed by atoms with van der Waals surface area (Å²) in [6.07, 6.45) is 3.68. The monoisotopic (exact) mass is 353 g/mol.